The summed E-state index contributed by atoms with van der Waals surface area (Å²) in [6.07, 6.45) is 0. The number of halogens is 1. The molecule has 10 heteroatoms. The van der Waals surface area contributed by atoms with Crippen LogP contribution in [-0.2, 0) is 17.1 Å². The van der Waals surface area contributed by atoms with Crippen LogP contribution in [0.25, 0.3) is 0 Å². The maximum atomic E-state index is 5.58. The van der Waals surface area contributed by atoms with Crippen LogP contribution in [0.3, 0.4) is 0 Å². The van der Waals surface area contributed by atoms with Crippen molar-refractivity contribution in [1.29, 1.82) is 0 Å². The number of rotatable bonds is 4. The summed E-state index contributed by atoms with van der Waals surface area (Å²) in [5.74, 6) is 4.46. The van der Waals surface area contributed by atoms with Crippen LogP contribution in [0.5, 0.6) is 34.5 Å². The molecule has 178 valence electrons. The average molecular weight is 563 g/mol. The van der Waals surface area contributed by atoms with Crippen LogP contribution in [0.15, 0.2) is 109 Å². The van der Waals surface area contributed by atoms with Crippen molar-refractivity contribution >= 4 is 17.2 Å². The molecule has 0 saturated carbocycles. The van der Waals surface area contributed by atoms with Crippen molar-refractivity contribution < 1.29 is 56.6 Å². The monoisotopic (exact) mass is 562 g/mol. The molecule has 0 fully saturated rings. The van der Waals surface area contributed by atoms with Gasteiger partial charge in [-0.2, -0.15) is 0 Å². The van der Waals surface area contributed by atoms with E-state index in [0.717, 1.165) is 34.5 Å². The van der Waals surface area contributed by atoms with Crippen molar-refractivity contribution in [3.05, 3.63) is 109 Å². The molecule has 0 radical (unpaired) electrons. The first-order valence-electron chi connectivity index (χ1n) is 9.80. The summed E-state index contributed by atoms with van der Waals surface area (Å²) < 4.78 is 33.3. The average Bonchev–Trinajstić information content (AvgIpc) is 3.43. The van der Waals surface area contributed by atoms with Crippen LogP contribution in [0.2, 0.25) is 0 Å². The predicted molar refractivity (Wildman–Crippen MR) is 123 cm³/mol. The Morgan fingerprint density at radius 3 is 0.971 bits per heavy atom. The van der Waals surface area contributed by atoms with Crippen molar-refractivity contribution in [2.45, 2.75) is 0 Å². The second-order valence-electron chi connectivity index (χ2n) is 6.51. The van der Waals surface area contributed by atoms with Gasteiger partial charge in [-0.3, -0.25) is 0 Å². The molecular formula is C24H18ClCuO6P2. The van der Waals surface area contributed by atoms with Crippen LogP contribution in [-0.4, -0.2) is 0 Å². The van der Waals surface area contributed by atoms with Gasteiger partial charge in [-0.1, -0.05) is 60.7 Å². The first-order chi connectivity index (χ1) is 15.8. The van der Waals surface area contributed by atoms with E-state index in [1.54, 1.807) is 0 Å². The van der Waals surface area contributed by atoms with Gasteiger partial charge in [-0.25, -0.2) is 0 Å². The molecule has 6 rings (SSSR count). The van der Waals surface area contributed by atoms with Gasteiger partial charge in [0.05, 0.1) is 0 Å². The smallest absolute Gasteiger partial charge is 1.00 e. The predicted octanol–water partition coefficient (Wildman–Crippen LogP) is 4.53. The van der Waals surface area contributed by atoms with Gasteiger partial charge in [0.2, 0.25) is 0 Å². The zero-order chi connectivity index (χ0) is 21.6. The third-order valence-electron chi connectivity index (χ3n) is 4.24. The van der Waals surface area contributed by atoms with Gasteiger partial charge in [0.25, 0.3) is 0 Å². The summed E-state index contributed by atoms with van der Waals surface area (Å²) in [5, 5.41) is 0. The SMILES string of the molecule is [Cl-].[Cu+].c1ccc(OP2Oc3ccccc3O2)cc1.c1ccc(OP2Oc3ccccc3O2)cc1. The van der Waals surface area contributed by atoms with E-state index in [9.17, 15) is 0 Å². The molecule has 2 heterocycles. The maximum Gasteiger partial charge on any atom is 1.00 e. The van der Waals surface area contributed by atoms with Gasteiger partial charge in [-0.15, -0.1) is 0 Å². The molecule has 0 amide bonds. The standard InChI is InChI=1S/2C12H9O3P.ClH.Cu/c2*1-2-6-10(7-3-1)13-16-14-11-8-4-5-9-12(11)15-16;;/h2*1-9H;1H;/q;;;+1/p-1. The van der Waals surface area contributed by atoms with Crippen molar-refractivity contribution in [2.75, 3.05) is 0 Å². The molecule has 0 spiro atoms. The second kappa shape index (κ2) is 12.7. The molecule has 2 aliphatic rings. The zero-order valence-electron chi connectivity index (χ0n) is 17.4. The molecule has 0 N–H and O–H groups in total. The number of hydrogen-bond donors (Lipinski definition) is 0. The van der Waals surface area contributed by atoms with Crippen molar-refractivity contribution in [3.8, 4) is 34.5 Å². The van der Waals surface area contributed by atoms with Crippen LogP contribution >= 0.6 is 17.2 Å². The van der Waals surface area contributed by atoms with Gasteiger partial charge in [0.15, 0.2) is 23.0 Å². The molecule has 34 heavy (non-hydrogen) atoms. The van der Waals surface area contributed by atoms with E-state index in [-0.39, 0.29) is 29.5 Å². The summed E-state index contributed by atoms with van der Waals surface area (Å²) in [4.78, 5) is 0. The summed E-state index contributed by atoms with van der Waals surface area (Å²) in [5.41, 5.74) is 0. The van der Waals surface area contributed by atoms with Gasteiger partial charge in [0, 0.05) is 0 Å². The minimum Gasteiger partial charge on any atom is -1.00 e. The van der Waals surface area contributed by atoms with E-state index in [1.165, 1.54) is 0 Å². The molecular weight excluding hydrogens is 545 g/mol. The summed E-state index contributed by atoms with van der Waals surface area (Å²) in [7, 11) is -2.70. The third kappa shape index (κ3) is 6.70. The molecule has 0 saturated heterocycles. The van der Waals surface area contributed by atoms with Crippen LogP contribution < -0.4 is 39.5 Å². The zero-order valence-corrected chi connectivity index (χ0v) is 20.9. The molecule has 2 aliphatic heterocycles. The summed E-state index contributed by atoms with van der Waals surface area (Å²) in [6.45, 7) is 0. The third-order valence-corrected chi connectivity index (χ3v) is 6.34. The van der Waals surface area contributed by atoms with Gasteiger partial charge < -0.3 is 39.5 Å². The first-order valence-corrected chi connectivity index (χ1v) is 12.0. The molecule has 0 unspecified atom stereocenters. The quantitative estimate of drug-likeness (QED) is 0.269. The van der Waals surface area contributed by atoms with Gasteiger partial charge in [-0.05, 0) is 48.5 Å². The fourth-order valence-electron chi connectivity index (χ4n) is 2.77. The Morgan fingerprint density at radius 1 is 0.412 bits per heavy atom. The van der Waals surface area contributed by atoms with Crippen LogP contribution in [0, 0.1) is 0 Å². The number of para-hydroxylation sites is 6. The van der Waals surface area contributed by atoms with Crippen LogP contribution in [0.1, 0.15) is 0 Å². The first kappa shape index (κ1) is 26.0. The second-order valence-corrected chi connectivity index (χ2v) is 8.50. The number of fused-ring (bicyclic) bond motifs is 2. The van der Waals surface area contributed by atoms with E-state index in [2.05, 4.69) is 0 Å². The largest absolute Gasteiger partial charge is 1.00 e. The maximum absolute atomic E-state index is 5.58. The number of hydrogen-bond acceptors (Lipinski definition) is 6. The minimum atomic E-state index is -1.35. The van der Waals surface area contributed by atoms with E-state index in [1.807, 2.05) is 109 Å². The molecule has 0 aliphatic carbocycles. The normalized spacial score (nSPS) is 12.9. The molecule has 4 aromatic rings. The Hall–Kier alpha value is -2.65. The minimum absolute atomic E-state index is 0. The fourth-order valence-corrected chi connectivity index (χ4v) is 4.83. The van der Waals surface area contributed by atoms with Gasteiger partial charge >= 0.3 is 34.3 Å². The number of benzene rings is 4. The fraction of sp³-hybridized carbons (Fsp3) is 0. The topological polar surface area (TPSA) is 55.4 Å². The van der Waals surface area contributed by atoms with E-state index >= 15 is 0 Å². The summed E-state index contributed by atoms with van der Waals surface area (Å²) >= 11 is 0. The molecule has 4 aromatic carbocycles. The Bertz CT molecular complexity index is 1030. The van der Waals surface area contributed by atoms with E-state index in [4.69, 9.17) is 27.1 Å². The Balaban J connectivity index is 0.000000180. The molecule has 6 nitrogen and oxygen atoms in total. The van der Waals surface area contributed by atoms with Gasteiger partial charge in [0.1, 0.15) is 11.5 Å². The van der Waals surface area contributed by atoms with E-state index < -0.39 is 17.2 Å². The Labute approximate surface area is 217 Å². The Morgan fingerprint density at radius 2 is 0.676 bits per heavy atom. The molecule has 0 atom stereocenters. The van der Waals surface area contributed by atoms with Crippen molar-refractivity contribution in [2.24, 2.45) is 0 Å². The molecule has 0 aromatic heterocycles. The summed E-state index contributed by atoms with van der Waals surface area (Å²) in [6, 6.07) is 34.1. The van der Waals surface area contributed by atoms with Crippen molar-refractivity contribution in [1.82, 2.24) is 0 Å². The molecule has 0 bridgehead atoms. The Kier molecular flexibility index (Phi) is 9.71. The van der Waals surface area contributed by atoms with Crippen LogP contribution in [0.4, 0.5) is 0 Å². The van der Waals surface area contributed by atoms with Crippen molar-refractivity contribution in [3.63, 3.8) is 0 Å². The van der Waals surface area contributed by atoms with E-state index in [0.29, 0.717) is 0 Å².